The first-order valence-corrected chi connectivity index (χ1v) is 7.57. The summed E-state index contributed by atoms with van der Waals surface area (Å²) in [6.45, 7) is 1.17. The Morgan fingerprint density at radius 2 is 1.86 bits per heavy atom. The summed E-state index contributed by atoms with van der Waals surface area (Å²) >= 11 is 0. The molecular weight excluding hydrogens is 296 g/mol. The molecule has 0 aliphatic carbocycles. The number of carbonyl (C=O) groups excluding carboxylic acids is 2. The molecule has 2 amide bonds. The molecule has 0 aromatic heterocycles. The summed E-state index contributed by atoms with van der Waals surface area (Å²) in [4.78, 5) is 33.4. The summed E-state index contributed by atoms with van der Waals surface area (Å²) in [6.07, 6.45) is 0. The number of para-hydroxylation sites is 1. The Balaban J connectivity index is 2.50. The predicted molar refractivity (Wildman–Crippen MR) is 78.2 cm³/mol. The Morgan fingerprint density at radius 1 is 1.24 bits per heavy atom. The lowest BCUT2D eigenvalue weighted by Crippen LogP contribution is -2.44. The molecule has 1 aromatic carbocycles. The summed E-state index contributed by atoms with van der Waals surface area (Å²) in [6, 6.07) is 7.36. The maximum atomic E-state index is 11.8. The van der Waals surface area contributed by atoms with Gasteiger partial charge in [0.1, 0.15) is 11.8 Å². The van der Waals surface area contributed by atoms with E-state index in [9.17, 15) is 18.6 Å². The first kappa shape index (κ1) is 16.8. The van der Waals surface area contributed by atoms with Gasteiger partial charge in [0.25, 0.3) is 0 Å². The van der Waals surface area contributed by atoms with E-state index in [1.807, 2.05) is 0 Å². The van der Waals surface area contributed by atoms with Gasteiger partial charge in [-0.2, -0.15) is 0 Å². The Kier molecular flexibility index (Phi) is 6.54. The highest BCUT2D eigenvalue weighted by atomic mass is 32.2. The van der Waals surface area contributed by atoms with E-state index in [1.165, 1.54) is 6.92 Å². The van der Waals surface area contributed by atoms with Gasteiger partial charge in [0.15, 0.2) is 0 Å². The van der Waals surface area contributed by atoms with Crippen LogP contribution in [0.2, 0.25) is 0 Å². The van der Waals surface area contributed by atoms with Gasteiger partial charge in [0, 0.05) is 23.4 Å². The Morgan fingerprint density at radius 3 is 2.38 bits per heavy atom. The second-order valence-electron chi connectivity index (χ2n) is 4.26. The van der Waals surface area contributed by atoms with Crippen molar-refractivity contribution in [3.8, 4) is 0 Å². The van der Waals surface area contributed by atoms with Crippen molar-refractivity contribution in [3.05, 3.63) is 30.3 Å². The third kappa shape index (κ3) is 6.66. The van der Waals surface area contributed by atoms with Crippen LogP contribution in [0, 0.1) is 0 Å². The Labute approximate surface area is 124 Å². The number of hydrogen-bond donors (Lipinski definition) is 3. The zero-order valence-corrected chi connectivity index (χ0v) is 12.2. The summed E-state index contributed by atoms with van der Waals surface area (Å²) in [5.41, 5.74) is 0.566. The van der Waals surface area contributed by atoms with Gasteiger partial charge >= 0.3 is 5.97 Å². The van der Waals surface area contributed by atoms with Crippen LogP contribution < -0.4 is 10.6 Å². The number of amides is 2. The summed E-state index contributed by atoms with van der Waals surface area (Å²) < 4.78 is 11.8. The molecule has 1 rings (SSSR count). The number of carboxylic acids is 1. The quantitative estimate of drug-likeness (QED) is 0.654. The van der Waals surface area contributed by atoms with Crippen molar-refractivity contribution < 1.29 is 23.7 Å². The lowest BCUT2D eigenvalue weighted by molar-refractivity contribution is -0.140. The fraction of sp³-hybridized carbons (Fsp3) is 0.308. The molecule has 21 heavy (non-hydrogen) atoms. The normalized spacial score (nSPS) is 13.0. The van der Waals surface area contributed by atoms with E-state index < -0.39 is 34.6 Å². The largest absolute Gasteiger partial charge is 0.480 e. The van der Waals surface area contributed by atoms with Crippen LogP contribution in [0.4, 0.5) is 5.69 Å². The molecule has 0 saturated heterocycles. The fourth-order valence-electron chi connectivity index (χ4n) is 1.53. The Hall–Kier alpha value is -2.22. The lowest BCUT2D eigenvalue weighted by atomic mass is 10.3. The van der Waals surface area contributed by atoms with Crippen molar-refractivity contribution in [2.24, 2.45) is 0 Å². The van der Waals surface area contributed by atoms with Crippen molar-refractivity contribution in [1.82, 2.24) is 5.32 Å². The van der Waals surface area contributed by atoms with E-state index >= 15 is 0 Å². The molecule has 0 spiro atoms. The molecule has 0 radical (unpaired) electrons. The van der Waals surface area contributed by atoms with Crippen LogP contribution >= 0.6 is 0 Å². The number of anilines is 1. The number of benzene rings is 1. The lowest BCUT2D eigenvalue weighted by Gasteiger charge is -2.12. The van der Waals surface area contributed by atoms with Gasteiger partial charge in [0.2, 0.25) is 11.8 Å². The topological polar surface area (TPSA) is 113 Å². The highest BCUT2D eigenvalue weighted by Crippen LogP contribution is 2.04. The number of nitrogens with one attached hydrogen (secondary N) is 2. The van der Waals surface area contributed by atoms with Gasteiger partial charge < -0.3 is 15.7 Å². The Bertz CT molecular complexity index is 547. The van der Waals surface area contributed by atoms with Crippen LogP contribution in [0.15, 0.2) is 30.3 Å². The molecule has 0 bridgehead atoms. The van der Waals surface area contributed by atoms with Crippen LogP contribution in [-0.2, 0) is 25.2 Å². The van der Waals surface area contributed by atoms with Crippen molar-refractivity contribution in [2.75, 3.05) is 16.8 Å². The minimum atomic E-state index is -1.70. The maximum Gasteiger partial charge on any atom is 0.327 e. The fourth-order valence-corrected chi connectivity index (χ4v) is 2.61. The van der Waals surface area contributed by atoms with Crippen LogP contribution in [0.5, 0.6) is 0 Å². The van der Waals surface area contributed by atoms with E-state index in [0.29, 0.717) is 5.69 Å². The molecule has 0 saturated carbocycles. The molecule has 7 nitrogen and oxygen atoms in total. The first-order valence-electron chi connectivity index (χ1n) is 6.08. The van der Waals surface area contributed by atoms with Crippen molar-refractivity contribution >= 4 is 34.3 Å². The second-order valence-corrected chi connectivity index (χ2v) is 5.76. The molecule has 8 heteroatoms. The minimum Gasteiger partial charge on any atom is -0.480 e. The van der Waals surface area contributed by atoms with Crippen molar-refractivity contribution in [2.45, 2.75) is 13.0 Å². The van der Waals surface area contributed by atoms with Crippen LogP contribution in [0.25, 0.3) is 0 Å². The molecule has 0 aliphatic rings. The highest BCUT2D eigenvalue weighted by Gasteiger charge is 2.22. The second kappa shape index (κ2) is 8.15. The van der Waals surface area contributed by atoms with E-state index in [2.05, 4.69) is 10.6 Å². The molecule has 2 unspecified atom stereocenters. The average Bonchev–Trinajstić information content (AvgIpc) is 2.38. The zero-order valence-electron chi connectivity index (χ0n) is 11.4. The summed E-state index contributed by atoms with van der Waals surface area (Å²) in [5, 5.41) is 13.6. The molecule has 0 fully saturated rings. The zero-order chi connectivity index (χ0) is 15.8. The molecule has 0 aliphatic heterocycles. The van der Waals surface area contributed by atoms with Gasteiger partial charge in [-0.15, -0.1) is 0 Å². The van der Waals surface area contributed by atoms with Crippen LogP contribution in [0.1, 0.15) is 6.92 Å². The third-order valence-electron chi connectivity index (χ3n) is 2.38. The van der Waals surface area contributed by atoms with Crippen LogP contribution in [0.3, 0.4) is 0 Å². The van der Waals surface area contributed by atoms with Gasteiger partial charge in [-0.25, -0.2) is 4.79 Å². The van der Waals surface area contributed by atoms with E-state index in [-0.39, 0.29) is 11.5 Å². The molecule has 1 aromatic rings. The van der Waals surface area contributed by atoms with Gasteiger partial charge in [-0.1, -0.05) is 18.2 Å². The van der Waals surface area contributed by atoms with E-state index in [4.69, 9.17) is 5.11 Å². The summed E-state index contributed by atoms with van der Waals surface area (Å²) in [7, 11) is -1.70. The SMILES string of the molecule is CC(=O)NC(CS(=O)CC(=O)Nc1ccccc1)C(=O)O. The summed E-state index contributed by atoms with van der Waals surface area (Å²) in [5.74, 6) is -2.96. The van der Waals surface area contributed by atoms with Crippen molar-refractivity contribution in [3.63, 3.8) is 0 Å². The van der Waals surface area contributed by atoms with E-state index in [0.717, 1.165) is 0 Å². The molecule has 3 N–H and O–H groups in total. The van der Waals surface area contributed by atoms with Crippen molar-refractivity contribution in [1.29, 1.82) is 0 Å². The molecular formula is C13H16N2O5S. The van der Waals surface area contributed by atoms with Crippen LogP contribution in [-0.4, -0.2) is 44.6 Å². The van der Waals surface area contributed by atoms with Gasteiger partial charge in [-0.3, -0.25) is 13.8 Å². The predicted octanol–water partition coefficient (Wildman–Crippen LogP) is -0.0369. The highest BCUT2D eigenvalue weighted by molar-refractivity contribution is 7.85. The molecule has 114 valence electrons. The third-order valence-corrected chi connectivity index (χ3v) is 3.67. The van der Waals surface area contributed by atoms with Gasteiger partial charge in [0.05, 0.1) is 5.75 Å². The molecule has 0 heterocycles. The maximum absolute atomic E-state index is 11.8. The number of carboxylic acid groups (broad SMARTS) is 1. The number of hydrogen-bond acceptors (Lipinski definition) is 4. The smallest absolute Gasteiger partial charge is 0.327 e. The number of rotatable bonds is 7. The number of aliphatic carboxylic acids is 1. The first-order chi connectivity index (χ1) is 9.88. The molecule has 2 atom stereocenters. The minimum absolute atomic E-state index is 0.322. The average molecular weight is 312 g/mol. The number of carbonyl (C=O) groups is 3. The van der Waals surface area contributed by atoms with Gasteiger partial charge in [-0.05, 0) is 12.1 Å². The van der Waals surface area contributed by atoms with E-state index in [1.54, 1.807) is 30.3 Å². The monoisotopic (exact) mass is 312 g/mol. The standard InChI is InChI=1S/C13H16N2O5S/c1-9(16)14-11(13(18)19)7-21(20)8-12(17)15-10-5-3-2-4-6-10/h2-6,11H,7-8H2,1H3,(H,14,16)(H,15,17)(H,18,19).